The number of amides is 2. The molecule has 9 nitrogen and oxygen atoms in total. The zero-order valence-corrected chi connectivity index (χ0v) is 24.0. The molecule has 0 fully saturated rings. The first kappa shape index (κ1) is 27.0. The van der Waals surface area contributed by atoms with Crippen LogP contribution in [0.3, 0.4) is 0 Å². The zero-order valence-electron chi connectivity index (χ0n) is 22.5. The number of pyridine rings is 1. The Kier molecular flexibility index (Phi) is 6.43. The molecule has 6 rings (SSSR count). The Morgan fingerprint density at radius 2 is 1.88 bits per heavy atom. The van der Waals surface area contributed by atoms with Crippen molar-refractivity contribution in [2.75, 3.05) is 23.9 Å². The van der Waals surface area contributed by atoms with Gasteiger partial charge < -0.3 is 19.4 Å². The largest absolute Gasteiger partial charge is 0.496 e. The third-order valence-electron chi connectivity index (χ3n) is 7.16. The maximum absolute atomic E-state index is 14.7. The van der Waals surface area contributed by atoms with Gasteiger partial charge in [-0.05, 0) is 51.1 Å². The molecule has 0 aliphatic carbocycles. The van der Waals surface area contributed by atoms with Crippen molar-refractivity contribution >= 4 is 46.4 Å². The lowest BCUT2D eigenvalue weighted by Gasteiger charge is -2.35. The average Bonchev–Trinajstić information content (AvgIpc) is 3.52. The molecule has 2 aliphatic heterocycles. The lowest BCUT2D eigenvalue weighted by atomic mass is 9.87. The number of halogens is 3. The molecular weight excluding hydrogens is 572 g/mol. The summed E-state index contributed by atoms with van der Waals surface area (Å²) in [5, 5.41) is 3.35. The fourth-order valence-electron chi connectivity index (χ4n) is 5.67. The van der Waals surface area contributed by atoms with E-state index in [9.17, 15) is 14.0 Å². The number of nitrogens with zero attached hydrogens (tertiary/aromatic N) is 4. The van der Waals surface area contributed by atoms with E-state index in [1.165, 1.54) is 24.1 Å². The summed E-state index contributed by atoms with van der Waals surface area (Å²) in [7, 11) is 1.51. The minimum absolute atomic E-state index is 0.0305. The van der Waals surface area contributed by atoms with E-state index < -0.39 is 23.2 Å². The molecule has 2 aromatic heterocycles. The van der Waals surface area contributed by atoms with E-state index in [-0.39, 0.29) is 22.4 Å². The van der Waals surface area contributed by atoms with Crippen molar-refractivity contribution in [2.45, 2.75) is 32.4 Å². The number of rotatable bonds is 6. The zero-order chi connectivity index (χ0) is 29.2. The molecule has 0 bridgehead atoms. The highest BCUT2D eigenvalue weighted by Crippen LogP contribution is 2.55. The van der Waals surface area contributed by atoms with Crippen molar-refractivity contribution < 1.29 is 23.5 Å². The number of ether oxygens (including phenoxy) is 2. The Bertz CT molecular complexity index is 1740. The van der Waals surface area contributed by atoms with Gasteiger partial charge in [0.1, 0.15) is 17.4 Å². The van der Waals surface area contributed by atoms with Crippen LogP contribution < -0.4 is 19.7 Å². The van der Waals surface area contributed by atoms with Gasteiger partial charge in [0.2, 0.25) is 5.88 Å². The van der Waals surface area contributed by atoms with Crippen LogP contribution in [-0.2, 0) is 10.3 Å². The fraction of sp³-hybridized carbons (Fsp3) is 0.241. The van der Waals surface area contributed by atoms with Crippen molar-refractivity contribution in [3.63, 3.8) is 0 Å². The lowest BCUT2D eigenvalue weighted by Crippen LogP contribution is -2.51. The average molecular weight is 596 g/mol. The molecule has 0 saturated heterocycles. The van der Waals surface area contributed by atoms with Crippen LogP contribution in [0.25, 0.3) is 11.4 Å². The highest BCUT2D eigenvalue weighted by Gasteiger charge is 2.64. The van der Waals surface area contributed by atoms with Gasteiger partial charge in [-0.15, -0.1) is 0 Å². The third-order valence-corrected chi connectivity index (χ3v) is 7.61. The standard InChI is InChI=1S/C29H24Cl2FN5O4/c1-5-41-23-12-22(40-4)19(13-33-23)26-35-24-25(36(26)14(2)3)29(20-7-6-15(30)10-21(20)34-28(29)39)37(27(24)38)18-9-16(31)8-17(32)11-18/h6-14H,5H2,1-4H3,(H,34,39)/t29-/m1/s1. The van der Waals surface area contributed by atoms with Crippen LogP contribution >= 0.6 is 23.2 Å². The van der Waals surface area contributed by atoms with Crippen LogP contribution in [0.15, 0.2) is 48.7 Å². The van der Waals surface area contributed by atoms with Crippen LogP contribution in [-0.4, -0.2) is 40.1 Å². The molecule has 0 unspecified atom stereocenters. The second-order valence-electron chi connectivity index (χ2n) is 9.87. The number of carbonyl (C=O) groups excluding carboxylic acids is 2. The van der Waals surface area contributed by atoms with Gasteiger partial charge in [-0.2, -0.15) is 0 Å². The van der Waals surface area contributed by atoms with Crippen LogP contribution in [0.1, 0.15) is 48.6 Å². The molecule has 2 amide bonds. The van der Waals surface area contributed by atoms with Crippen molar-refractivity contribution in [1.29, 1.82) is 0 Å². The first-order chi connectivity index (χ1) is 19.6. The van der Waals surface area contributed by atoms with E-state index in [0.29, 0.717) is 51.6 Å². The Labute approximate surface area is 244 Å². The summed E-state index contributed by atoms with van der Waals surface area (Å²) in [5.41, 5.74) is 0.0966. The monoisotopic (exact) mass is 595 g/mol. The Morgan fingerprint density at radius 3 is 2.56 bits per heavy atom. The van der Waals surface area contributed by atoms with Gasteiger partial charge in [0, 0.05) is 39.6 Å². The molecule has 2 aliphatic rings. The molecule has 41 heavy (non-hydrogen) atoms. The van der Waals surface area contributed by atoms with Crippen LogP contribution in [0, 0.1) is 5.82 Å². The van der Waals surface area contributed by atoms with Gasteiger partial charge in [0.05, 0.1) is 30.7 Å². The highest BCUT2D eigenvalue weighted by atomic mass is 35.5. The number of nitrogens with one attached hydrogen (secondary N) is 1. The molecule has 0 saturated carbocycles. The van der Waals surface area contributed by atoms with E-state index >= 15 is 0 Å². The number of fused-ring (bicyclic) bond motifs is 4. The molecule has 4 aromatic rings. The second kappa shape index (κ2) is 9.74. The van der Waals surface area contributed by atoms with Gasteiger partial charge in [-0.3, -0.25) is 14.5 Å². The van der Waals surface area contributed by atoms with Crippen LogP contribution in [0.5, 0.6) is 11.6 Å². The van der Waals surface area contributed by atoms with Crippen molar-refractivity contribution in [2.24, 2.45) is 0 Å². The van der Waals surface area contributed by atoms with Crippen LogP contribution in [0.4, 0.5) is 15.8 Å². The van der Waals surface area contributed by atoms with E-state index in [4.69, 9.17) is 37.7 Å². The molecule has 4 heterocycles. The molecule has 2 aromatic carbocycles. The minimum atomic E-state index is -1.75. The summed E-state index contributed by atoms with van der Waals surface area (Å²) >= 11 is 12.5. The lowest BCUT2D eigenvalue weighted by molar-refractivity contribution is -0.119. The SMILES string of the molecule is CCOc1cc(OC)c(-c2nc3c(n2C(C)C)[C@]2(C(=O)Nc4cc(Cl)ccc42)N(c2cc(F)cc(Cl)c2)C3=O)cn1. The number of aromatic nitrogens is 3. The number of methoxy groups -OCH3 is 1. The van der Waals surface area contributed by atoms with E-state index in [2.05, 4.69) is 10.3 Å². The van der Waals surface area contributed by atoms with Gasteiger partial charge in [-0.25, -0.2) is 14.4 Å². The normalized spacial score (nSPS) is 17.3. The maximum atomic E-state index is 14.7. The number of hydrogen-bond donors (Lipinski definition) is 1. The van der Waals surface area contributed by atoms with Crippen molar-refractivity contribution in [3.8, 4) is 23.0 Å². The third kappa shape index (κ3) is 3.88. The first-order valence-electron chi connectivity index (χ1n) is 12.8. The fourth-order valence-corrected chi connectivity index (χ4v) is 6.06. The summed E-state index contributed by atoms with van der Waals surface area (Å²) < 4.78 is 27.7. The maximum Gasteiger partial charge on any atom is 0.280 e. The molecule has 210 valence electrons. The smallest absolute Gasteiger partial charge is 0.280 e. The van der Waals surface area contributed by atoms with E-state index in [0.717, 1.165) is 6.07 Å². The number of imidazole rings is 1. The summed E-state index contributed by atoms with van der Waals surface area (Å²) in [6, 6.07) is 10.0. The van der Waals surface area contributed by atoms with E-state index in [1.807, 2.05) is 25.3 Å². The molecule has 1 N–H and O–H groups in total. The van der Waals surface area contributed by atoms with Gasteiger partial charge >= 0.3 is 0 Å². The summed E-state index contributed by atoms with van der Waals surface area (Å²) in [5.74, 6) is -0.617. The molecule has 0 radical (unpaired) electrons. The number of carbonyl (C=O) groups is 2. The van der Waals surface area contributed by atoms with Gasteiger partial charge in [-0.1, -0.05) is 29.3 Å². The van der Waals surface area contributed by atoms with Crippen molar-refractivity contribution in [3.05, 3.63) is 81.5 Å². The first-order valence-corrected chi connectivity index (χ1v) is 13.6. The predicted octanol–water partition coefficient (Wildman–Crippen LogP) is 6.24. The van der Waals surface area contributed by atoms with Crippen molar-refractivity contribution in [1.82, 2.24) is 14.5 Å². The molecule has 1 spiro atoms. The summed E-state index contributed by atoms with van der Waals surface area (Å²) in [4.78, 5) is 39.0. The Hall–Kier alpha value is -4.15. The van der Waals surface area contributed by atoms with E-state index in [1.54, 1.807) is 30.5 Å². The van der Waals surface area contributed by atoms with Crippen LogP contribution in [0.2, 0.25) is 10.0 Å². The number of benzene rings is 2. The molecule has 12 heteroatoms. The molecule has 1 atom stereocenters. The number of anilines is 2. The highest BCUT2D eigenvalue weighted by molar-refractivity contribution is 6.32. The van der Waals surface area contributed by atoms with Gasteiger partial charge in [0.25, 0.3) is 11.8 Å². The second-order valence-corrected chi connectivity index (χ2v) is 10.7. The predicted molar refractivity (Wildman–Crippen MR) is 153 cm³/mol. The topological polar surface area (TPSA) is 98.6 Å². The Morgan fingerprint density at radius 1 is 1.10 bits per heavy atom. The number of hydrogen-bond acceptors (Lipinski definition) is 6. The summed E-state index contributed by atoms with van der Waals surface area (Å²) in [6.07, 6.45) is 1.56. The summed E-state index contributed by atoms with van der Waals surface area (Å²) in [6.45, 7) is 6.09. The van der Waals surface area contributed by atoms with Gasteiger partial charge in [0.15, 0.2) is 11.2 Å². The Balaban J connectivity index is 1.69. The minimum Gasteiger partial charge on any atom is -0.496 e. The quantitative estimate of drug-likeness (QED) is 0.283. The molecular formula is C29H24Cl2FN5O4.